The van der Waals surface area contributed by atoms with Gasteiger partial charge in [0.25, 0.3) is 0 Å². The van der Waals surface area contributed by atoms with Gasteiger partial charge in [-0.25, -0.2) is 0 Å². The van der Waals surface area contributed by atoms with E-state index in [-0.39, 0.29) is 6.42 Å². The zero-order chi connectivity index (χ0) is 11.6. The van der Waals surface area contributed by atoms with Crippen molar-refractivity contribution in [3.8, 4) is 0 Å². The minimum absolute atomic E-state index is 0.00975. The third-order valence-electron chi connectivity index (χ3n) is 2.39. The third-order valence-corrected chi connectivity index (χ3v) is 2.39. The molecule has 7 nitrogen and oxygen atoms in total. The molecule has 90 valence electrons. The van der Waals surface area contributed by atoms with Gasteiger partial charge in [-0.05, 0) is 7.05 Å². The molecular formula is C8H17NO6. The molecule has 15 heavy (non-hydrogen) atoms. The van der Waals surface area contributed by atoms with Crippen LogP contribution in [0.3, 0.4) is 0 Å². The van der Waals surface area contributed by atoms with Crippen molar-refractivity contribution in [2.45, 2.75) is 43.4 Å². The average Bonchev–Trinajstić information content (AvgIpc) is 2.90. The Labute approximate surface area is 86.9 Å². The first-order valence-corrected chi connectivity index (χ1v) is 4.70. The molecule has 7 heteroatoms. The number of likely N-dealkylation sites (N-methyl/N-ethyl adjacent to an activating group) is 1. The Hall–Kier alpha value is -0.280. The van der Waals surface area contributed by atoms with Crippen LogP contribution in [0.15, 0.2) is 0 Å². The number of aliphatic hydroxyl groups is 5. The first-order valence-electron chi connectivity index (χ1n) is 4.70. The maximum absolute atomic E-state index is 9.42. The lowest BCUT2D eigenvalue weighted by molar-refractivity contribution is -0.113. The van der Waals surface area contributed by atoms with Crippen LogP contribution in [0.5, 0.6) is 0 Å². The summed E-state index contributed by atoms with van der Waals surface area (Å²) in [6, 6.07) is 0. The van der Waals surface area contributed by atoms with Crippen LogP contribution in [0.4, 0.5) is 0 Å². The Morgan fingerprint density at radius 1 is 1.20 bits per heavy atom. The summed E-state index contributed by atoms with van der Waals surface area (Å²) < 4.78 is 4.63. The molecule has 6 N–H and O–H groups in total. The summed E-state index contributed by atoms with van der Waals surface area (Å²) in [4.78, 5) is 0. The van der Waals surface area contributed by atoms with E-state index in [0.29, 0.717) is 0 Å². The first-order chi connectivity index (χ1) is 6.97. The number of aliphatic hydroxyl groups excluding tert-OH is 5. The molecule has 1 rings (SSSR count). The standard InChI is InChI=1S/C8H17NO6/c1-9-7(13)6(12)5(11)3(10)2-4-8(14)15-4/h3-14H,2H2,1H3. The van der Waals surface area contributed by atoms with Gasteiger partial charge in [0.05, 0.1) is 6.10 Å². The van der Waals surface area contributed by atoms with E-state index < -0.39 is 36.9 Å². The molecule has 0 bridgehead atoms. The zero-order valence-electron chi connectivity index (χ0n) is 8.32. The van der Waals surface area contributed by atoms with Crippen molar-refractivity contribution in [1.82, 2.24) is 5.32 Å². The lowest BCUT2D eigenvalue weighted by Crippen LogP contribution is -2.49. The molecule has 1 aliphatic heterocycles. The normalized spacial score (nSPS) is 33.2. The van der Waals surface area contributed by atoms with E-state index in [4.69, 9.17) is 10.2 Å². The van der Waals surface area contributed by atoms with Crippen molar-refractivity contribution in [2.24, 2.45) is 0 Å². The van der Waals surface area contributed by atoms with E-state index in [1.807, 2.05) is 0 Å². The predicted molar refractivity (Wildman–Crippen MR) is 48.6 cm³/mol. The second kappa shape index (κ2) is 5.17. The molecular weight excluding hydrogens is 206 g/mol. The van der Waals surface area contributed by atoms with Gasteiger partial charge in [0, 0.05) is 6.42 Å². The predicted octanol–water partition coefficient (Wildman–Crippen LogP) is -3.29. The lowest BCUT2D eigenvalue weighted by atomic mass is 10.0. The summed E-state index contributed by atoms with van der Waals surface area (Å²) in [5, 5.41) is 48.4. The number of hydrogen-bond donors (Lipinski definition) is 6. The molecule has 0 saturated carbocycles. The Balaban J connectivity index is 2.33. The second-order valence-corrected chi connectivity index (χ2v) is 3.58. The van der Waals surface area contributed by atoms with Crippen LogP contribution in [-0.2, 0) is 4.74 Å². The van der Waals surface area contributed by atoms with E-state index in [1.165, 1.54) is 7.05 Å². The Morgan fingerprint density at radius 3 is 2.13 bits per heavy atom. The van der Waals surface area contributed by atoms with Gasteiger partial charge >= 0.3 is 0 Å². The molecule has 1 fully saturated rings. The van der Waals surface area contributed by atoms with E-state index in [1.54, 1.807) is 0 Å². The number of epoxide rings is 1. The fraction of sp³-hybridized carbons (Fsp3) is 1.00. The van der Waals surface area contributed by atoms with E-state index in [0.717, 1.165) is 0 Å². The summed E-state index contributed by atoms with van der Waals surface area (Å²) in [6.07, 6.45) is -6.98. The molecule has 0 aromatic carbocycles. The number of ether oxygens (including phenoxy) is 1. The van der Waals surface area contributed by atoms with Crippen LogP contribution < -0.4 is 5.32 Å². The van der Waals surface area contributed by atoms with Gasteiger partial charge in [0.2, 0.25) is 0 Å². The average molecular weight is 223 g/mol. The molecule has 1 aliphatic rings. The quantitative estimate of drug-likeness (QED) is 0.206. The van der Waals surface area contributed by atoms with Gasteiger partial charge in [-0.2, -0.15) is 0 Å². The topological polar surface area (TPSA) is 126 Å². The van der Waals surface area contributed by atoms with Crippen molar-refractivity contribution in [2.75, 3.05) is 7.05 Å². The second-order valence-electron chi connectivity index (χ2n) is 3.58. The summed E-state index contributed by atoms with van der Waals surface area (Å²) >= 11 is 0. The highest BCUT2D eigenvalue weighted by atomic mass is 16.7. The number of rotatable bonds is 6. The van der Waals surface area contributed by atoms with Crippen molar-refractivity contribution >= 4 is 0 Å². The van der Waals surface area contributed by atoms with Gasteiger partial charge in [0.1, 0.15) is 24.5 Å². The highest BCUT2D eigenvalue weighted by Gasteiger charge is 2.41. The monoisotopic (exact) mass is 223 g/mol. The molecule has 6 unspecified atom stereocenters. The first kappa shape index (κ1) is 12.8. The lowest BCUT2D eigenvalue weighted by Gasteiger charge is -2.25. The SMILES string of the molecule is CNC(O)C(O)C(O)C(O)CC1OC1O. The van der Waals surface area contributed by atoms with Crippen LogP contribution in [0.1, 0.15) is 6.42 Å². The van der Waals surface area contributed by atoms with Gasteiger partial charge in [-0.3, -0.25) is 5.32 Å². The van der Waals surface area contributed by atoms with E-state index in [9.17, 15) is 15.3 Å². The van der Waals surface area contributed by atoms with Crippen molar-refractivity contribution < 1.29 is 30.3 Å². The molecule has 0 amide bonds. The maximum atomic E-state index is 9.42. The van der Waals surface area contributed by atoms with Crippen molar-refractivity contribution in [3.63, 3.8) is 0 Å². The summed E-state index contributed by atoms with van der Waals surface area (Å²) in [5.41, 5.74) is 0. The van der Waals surface area contributed by atoms with Crippen LogP contribution in [0, 0.1) is 0 Å². The molecule has 0 aromatic heterocycles. The summed E-state index contributed by atoms with van der Waals surface area (Å²) in [6.45, 7) is 0. The number of nitrogens with one attached hydrogen (secondary N) is 1. The van der Waals surface area contributed by atoms with Crippen LogP contribution in [0.25, 0.3) is 0 Å². The van der Waals surface area contributed by atoms with E-state index >= 15 is 0 Å². The molecule has 0 spiro atoms. The molecule has 0 radical (unpaired) electrons. The number of hydrogen-bond acceptors (Lipinski definition) is 7. The smallest absolute Gasteiger partial charge is 0.181 e. The summed E-state index contributed by atoms with van der Waals surface area (Å²) in [7, 11) is 1.40. The highest BCUT2D eigenvalue weighted by molar-refractivity contribution is 4.85. The molecule has 6 atom stereocenters. The van der Waals surface area contributed by atoms with Crippen molar-refractivity contribution in [3.05, 3.63) is 0 Å². The maximum Gasteiger partial charge on any atom is 0.181 e. The molecule has 0 aromatic rings. The van der Waals surface area contributed by atoms with Crippen molar-refractivity contribution in [1.29, 1.82) is 0 Å². The summed E-state index contributed by atoms with van der Waals surface area (Å²) in [5.74, 6) is 0. The van der Waals surface area contributed by atoms with E-state index in [2.05, 4.69) is 10.1 Å². The highest BCUT2D eigenvalue weighted by Crippen LogP contribution is 2.25. The Morgan fingerprint density at radius 2 is 1.73 bits per heavy atom. The largest absolute Gasteiger partial charge is 0.390 e. The van der Waals surface area contributed by atoms with Crippen LogP contribution >= 0.6 is 0 Å². The third kappa shape index (κ3) is 3.35. The fourth-order valence-corrected chi connectivity index (χ4v) is 1.27. The van der Waals surface area contributed by atoms with Gasteiger partial charge in [-0.15, -0.1) is 0 Å². The molecule has 1 saturated heterocycles. The van der Waals surface area contributed by atoms with Gasteiger partial charge in [0.15, 0.2) is 6.29 Å². The minimum atomic E-state index is -1.50. The van der Waals surface area contributed by atoms with Gasteiger partial charge in [-0.1, -0.05) is 0 Å². The zero-order valence-corrected chi connectivity index (χ0v) is 8.32. The van der Waals surface area contributed by atoms with Crippen LogP contribution in [-0.4, -0.2) is 69.5 Å². The molecule has 1 heterocycles. The minimum Gasteiger partial charge on any atom is -0.390 e. The molecule has 0 aliphatic carbocycles. The van der Waals surface area contributed by atoms with Gasteiger partial charge < -0.3 is 30.3 Å². The van der Waals surface area contributed by atoms with Crippen LogP contribution in [0.2, 0.25) is 0 Å². The Bertz CT molecular complexity index is 204. The Kier molecular flexibility index (Phi) is 4.41. The fourth-order valence-electron chi connectivity index (χ4n) is 1.27.